The first-order valence-electron chi connectivity index (χ1n) is 10.3. The van der Waals surface area contributed by atoms with Crippen molar-refractivity contribution in [3.63, 3.8) is 0 Å². The Morgan fingerprint density at radius 1 is 1.33 bits per heavy atom. The molecule has 0 aliphatic carbocycles. The number of likely N-dealkylation sites (tertiary alicyclic amines) is 1. The lowest BCUT2D eigenvalue weighted by Crippen LogP contribution is -2.54. The molecule has 1 aliphatic heterocycles. The summed E-state index contributed by atoms with van der Waals surface area (Å²) in [4.78, 5) is 27.3. The quantitative estimate of drug-likeness (QED) is 0.695. The normalized spacial score (nSPS) is 19.6. The molecule has 1 aromatic carbocycles. The fourth-order valence-corrected chi connectivity index (χ4v) is 3.79. The Morgan fingerprint density at radius 2 is 2.17 bits per heavy atom. The van der Waals surface area contributed by atoms with Gasteiger partial charge < -0.3 is 14.6 Å². The van der Waals surface area contributed by atoms with E-state index in [-0.39, 0.29) is 31.0 Å². The van der Waals surface area contributed by atoms with Gasteiger partial charge in [-0.1, -0.05) is 26.0 Å². The fraction of sp³-hybridized carbons (Fsp3) is 0.455. The molecule has 8 heteroatoms. The average molecular weight is 411 g/mol. The maximum Gasteiger partial charge on any atom is 0.230 e. The topological polar surface area (TPSA) is 84.2 Å². The first kappa shape index (κ1) is 20.4. The summed E-state index contributed by atoms with van der Waals surface area (Å²) in [5, 5.41) is 4.10. The zero-order chi connectivity index (χ0) is 21.3. The van der Waals surface area contributed by atoms with Crippen LogP contribution >= 0.6 is 0 Å². The van der Waals surface area contributed by atoms with E-state index in [1.165, 1.54) is 0 Å². The van der Waals surface area contributed by atoms with Crippen LogP contribution in [0.15, 0.2) is 35.0 Å². The standard InChI is InChI=1S/C22H26FN5O2/c1-13(2)26-18-6-7-28(12-17(18)23)22(29)9-21-25-10-16-5-4-15(8-19(16)27-21)20-11-24-14(3)30-20/h4-5,8,10-11,13,17-18,26H,6-7,9,12H2,1-3H3/t17-,18-/m0/s1. The number of aryl methyl sites for hydroxylation is 1. The molecule has 0 radical (unpaired) electrons. The number of piperidine rings is 1. The monoisotopic (exact) mass is 411 g/mol. The molecule has 30 heavy (non-hydrogen) atoms. The van der Waals surface area contributed by atoms with Crippen molar-refractivity contribution in [3.8, 4) is 11.3 Å². The van der Waals surface area contributed by atoms with Crippen LogP contribution in [-0.4, -0.2) is 57.1 Å². The molecule has 3 heterocycles. The zero-order valence-electron chi connectivity index (χ0n) is 17.4. The van der Waals surface area contributed by atoms with Crippen molar-refractivity contribution in [1.29, 1.82) is 0 Å². The van der Waals surface area contributed by atoms with E-state index in [1.54, 1.807) is 24.2 Å². The van der Waals surface area contributed by atoms with E-state index in [0.717, 1.165) is 16.5 Å². The molecule has 3 aromatic rings. The molecule has 4 rings (SSSR count). The largest absolute Gasteiger partial charge is 0.441 e. The van der Waals surface area contributed by atoms with E-state index >= 15 is 0 Å². The van der Waals surface area contributed by atoms with E-state index in [4.69, 9.17) is 4.42 Å². The minimum atomic E-state index is -1.07. The van der Waals surface area contributed by atoms with Crippen LogP contribution in [0.1, 0.15) is 32.0 Å². The first-order chi connectivity index (χ1) is 14.4. The Morgan fingerprint density at radius 3 is 2.87 bits per heavy atom. The Hall–Kier alpha value is -2.87. The van der Waals surface area contributed by atoms with Crippen molar-refractivity contribution >= 4 is 16.8 Å². The Bertz CT molecular complexity index is 1050. The van der Waals surface area contributed by atoms with Crippen LogP contribution in [0.3, 0.4) is 0 Å². The van der Waals surface area contributed by atoms with Gasteiger partial charge >= 0.3 is 0 Å². The highest BCUT2D eigenvalue weighted by molar-refractivity contribution is 5.83. The van der Waals surface area contributed by atoms with Gasteiger partial charge in [-0.05, 0) is 12.5 Å². The third-order valence-electron chi connectivity index (χ3n) is 5.29. The lowest BCUT2D eigenvalue weighted by Gasteiger charge is -2.36. The number of oxazole rings is 1. The van der Waals surface area contributed by atoms with Crippen molar-refractivity contribution < 1.29 is 13.6 Å². The number of halogens is 1. The van der Waals surface area contributed by atoms with Crippen molar-refractivity contribution in [2.75, 3.05) is 13.1 Å². The summed E-state index contributed by atoms with van der Waals surface area (Å²) in [6, 6.07) is 5.74. The van der Waals surface area contributed by atoms with Crippen LogP contribution in [0, 0.1) is 6.92 Å². The van der Waals surface area contributed by atoms with Crippen LogP contribution in [0.5, 0.6) is 0 Å². The molecule has 2 aromatic heterocycles. The van der Waals surface area contributed by atoms with Gasteiger partial charge in [0.15, 0.2) is 11.7 Å². The van der Waals surface area contributed by atoms with Gasteiger partial charge in [0.05, 0.1) is 24.7 Å². The fourth-order valence-electron chi connectivity index (χ4n) is 3.79. The summed E-state index contributed by atoms with van der Waals surface area (Å²) in [5.41, 5.74) is 1.58. The number of nitrogens with zero attached hydrogens (tertiary/aromatic N) is 4. The maximum absolute atomic E-state index is 14.5. The van der Waals surface area contributed by atoms with E-state index < -0.39 is 6.17 Å². The summed E-state index contributed by atoms with van der Waals surface area (Å²) in [6.07, 6.45) is 2.96. The predicted octanol–water partition coefficient (Wildman–Crippen LogP) is 3.07. The molecule has 1 fully saturated rings. The van der Waals surface area contributed by atoms with Crippen LogP contribution in [0.25, 0.3) is 22.2 Å². The third kappa shape index (κ3) is 4.48. The maximum atomic E-state index is 14.5. The number of hydrogen-bond acceptors (Lipinski definition) is 6. The molecule has 0 saturated carbocycles. The summed E-state index contributed by atoms with van der Waals surface area (Å²) < 4.78 is 20.1. The number of alkyl halides is 1. The van der Waals surface area contributed by atoms with E-state index in [9.17, 15) is 9.18 Å². The summed E-state index contributed by atoms with van der Waals surface area (Å²) in [7, 11) is 0. The number of hydrogen-bond donors (Lipinski definition) is 1. The van der Waals surface area contributed by atoms with Gasteiger partial charge in [0.2, 0.25) is 5.91 Å². The van der Waals surface area contributed by atoms with Gasteiger partial charge in [0.25, 0.3) is 0 Å². The number of aromatic nitrogens is 3. The predicted molar refractivity (Wildman–Crippen MR) is 112 cm³/mol. The number of carbonyl (C=O) groups excluding carboxylic acids is 1. The third-order valence-corrected chi connectivity index (χ3v) is 5.29. The SMILES string of the molecule is Cc1ncc(-c2ccc3cnc(CC(=O)N4CC[C@H](NC(C)C)[C@@H](F)C4)nc3c2)o1. The van der Waals surface area contributed by atoms with Gasteiger partial charge in [0, 0.05) is 42.7 Å². The van der Waals surface area contributed by atoms with Gasteiger partial charge in [0.1, 0.15) is 12.0 Å². The Labute approximate surface area is 174 Å². The zero-order valence-corrected chi connectivity index (χ0v) is 17.4. The summed E-state index contributed by atoms with van der Waals surface area (Å²) in [5.74, 6) is 1.54. The minimum Gasteiger partial charge on any atom is -0.441 e. The summed E-state index contributed by atoms with van der Waals surface area (Å²) >= 11 is 0. The van der Waals surface area contributed by atoms with Gasteiger partial charge in [-0.15, -0.1) is 0 Å². The molecule has 7 nitrogen and oxygen atoms in total. The highest BCUT2D eigenvalue weighted by atomic mass is 19.1. The second kappa shape index (κ2) is 8.47. The van der Waals surface area contributed by atoms with Crippen LogP contribution in [0.2, 0.25) is 0 Å². The number of amides is 1. The molecular formula is C22H26FN5O2. The number of fused-ring (bicyclic) bond motifs is 1. The number of nitrogens with one attached hydrogen (secondary N) is 1. The molecular weight excluding hydrogens is 385 g/mol. The molecule has 1 N–H and O–H groups in total. The Balaban J connectivity index is 1.46. The van der Waals surface area contributed by atoms with Crippen molar-refractivity contribution in [2.24, 2.45) is 0 Å². The molecule has 158 valence electrons. The van der Waals surface area contributed by atoms with Crippen molar-refractivity contribution in [1.82, 2.24) is 25.2 Å². The van der Waals surface area contributed by atoms with Gasteiger partial charge in [-0.2, -0.15) is 0 Å². The molecule has 1 saturated heterocycles. The number of carbonyl (C=O) groups is 1. The van der Waals surface area contributed by atoms with E-state index in [1.807, 2.05) is 32.0 Å². The molecule has 2 atom stereocenters. The second-order valence-electron chi connectivity index (χ2n) is 8.05. The highest BCUT2D eigenvalue weighted by Gasteiger charge is 2.31. The number of benzene rings is 1. The molecule has 0 unspecified atom stereocenters. The van der Waals surface area contributed by atoms with Crippen molar-refractivity contribution in [2.45, 2.75) is 51.9 Å². The van der Waals surface area contributed by atoms with Crippen LogP contribution in [0.4, 0.5) is 4.39 Å². The van der Waals surface area contributed by atoms with E-state index in [2.05, 4.69) is 20.3 Å². The minimum absolute atomic E-state index is 0.0522. The van der Waals surface area contributed by atoms with Crippen molar-refractivity contribution in [3.05, 3.63) is 42.3 Å². The second-order valence-corrected chi connectivity index (χ2v) is 8.05. The van der Waals surface area contributed by atoms with Crippen LogP contribution in [-0.2, 0) is 11.2 Å². The smallest absolute Gasteiger partial charge is 0.230 e. The highest BCUT2D eigenvalue weighted by Crippen LogP contribution is 2.24. The molecule has 0 bridgehead atoms. The average Bonchev–Trinajstić information content (AvgIpc) is 3.15. The number of rotatable bonds is 5. The summed E-state index contributed by atoms with van der Waals surface area (Å²) in [6.45, 7) is 6.42. The lowest BCUT2D eigenvalue weighted by molar-refractivity contribution is -0.133. The van der Waals surface area contributed by atoms with E-state index in [0.29, 0.717) is 30.4 Å². The van der Waals surface area contributed by atoms with Crippen LogP contribution < -0.4 is 5.32 Å². The van der Waals surface area contributed by atoms with Gasteiger partial charge in [-0.3, -0.25) is 4.79 Å². The lowest BCUT2D eigenvalue weighted by atomic mass is 10.0. The molecule has 0 spiro atoms. The Kier molecular flexibility index (Phi) is 5.76. The van der Waals surface area contributed by atoms with Gasteiger partial charge in [-0.25, -0.2) is 19.3 Å². The first-order valence-corrected chi connectivity index (χ1v) is 10.3. The molecule has 1 aliphatic rings. The molecule has 1 amide bonds.